The molecule has 0 saturated carbocycles. The SMILES string of the molecule is C[C@@H]1CCN(C(=O)[C@@H]2CCOC2)C[C@@H]1N(C)c1ncnc2[nH]ccc12. The van der Waals surface area contributed by atoms with Crippen molar-refractivity contribution in [2.45, 2.75) is 25.8 Å². The van der Waals surface area contributed by atoms with Crippen LogP contribution in [0.1, 0.15) is 19.8 Å². The Balaban J connectivity index is 1.55. The molecule has 2 aliphatic heterocycles. The fraction of sp³-hybridized carbons (Fsp3) is 0.611. The number of rotatable bonds is 3. The van der Waals surface area contributed by atoms with Crippen LogP contribution in [0.25, 0.3) is 11.0 Å². The van der Waals surface area contributed by atoms with Gasteiger partial charge in [0, 0.05) is 32.9 Å². The highest BCUT2D eigenvalue weighted by molar-refractivity contribution is 5.87. The van der Waals surface area contributed by atoms with Gasteiger partial charge in [0.1, 0.15) is 17.8 Å². The molecule has 0 aliphatic carbocycles. The highest BCUT2D eigenvalue weighted by atomic mass is 16.5. The van der Waals surface area contributed by atoms with Crippen LogP contribution in [-0.2, 0) is 9.53 Å². The minimum absolute atomic E-state index is 0.0368. The number of likely N-dealkylation sites (N-methyl/N-ethyl adjacent to an activating group) is 1. The van der Waals surface area contributed by atoms with Gasteiger partial charge < -0.3 is 19.5 Å². The summed E-state index contributed by atoms with van der Waals surface area (Å²) in [5.41, 5.74) is 0.844. The van der Waals surface area contributed by atoms with Gasteiger partial charge in [0.2, 0.25) is 5.91 Å². The molecular weight excluding hydrogens is 318 g/mol. The van der Waals surface area contributed by atoms with Crippen molar-refractivity contribution in [3.8, 4) is 0 Å². The van der Waals surface area contributed by atoms with E-state index in [1.165, 1.54) is 0 Å². The van der Waals surface area contributed by atoms with Crippen LogP contribution in [0.15, 0.2) is 18.6 Å². The number of carbonyl (C=O) groups excluding carboxylic acids is 1. The summed E-state index contributed by atoms with van der Waals surface area (Å²) in [5.74, 6) is 1.70. The highest BCUT2D eigenvalue weighted by Crippen LogP contribution is 2.29. The third kappa shape index (κ3) is 2.97. The van der Waals surface area contributed by atoms with Crippen LogP contribution in [0.3, 0.4) is 0 Å². The number of hydrogen-bond acceptors (Lipinski definition) is 5. The Morgan fingerprint density at radius 3 is 3.08 bits per heavy atom. The zero-order valence-electron chi connectivity index (χ0n) is 14.8. The van der Waals surface area contributed by atoms with Crippen LogP contribution in [0.2, 0.25) is 0 Å². The number of anilines is 1. The molecule has 2 aromatic rings. The summed E-state index contributed by atoms with van der Waals surface area (Å²) < 4.78 is 5.39. The second kappa shape index (κ2) is 6.63. The summed E-state index contributed by atoms with van der Waals surface area (Å²) >= 11 is 0. The van der Waals surface area contributed by atoms with Crippen LogP contribution in [0.5, 0.6) is 0 Å². The summed E-state index contributed by atoms with van der Waals surface area (Å²) in [5, 5.41) is 1.02. The number of likely N-dealkylation sites (tertiary alicyclic amines) is 1. The topological polar surface area (TPSA) is 74.3 Å². The van der Waals surface area contributed by atoms with Crippen LogP contribution >= 0.6 is 0 Å². The maximum atomic E-state index is 12.8. The summed E-state index contributed by atoms with van der Waals surface area (Å²) in [4.78, 5) is 28.9. The number of H-pyrrole nitrogens is 1. The van der Waals surface area contributed by atoms with Gasteiger partial charge in [0.15, 0.2) is 0 Å². The predicted octanol–water partition coefficient (Wildman–Crippen LogP) is 1.67. The number of ether oxygens (including phenoxy) is 1. The maximum absolute atomic E-state index is 12.8. The molecule has 2 fully saturated rings. The first-order valence-corrected chi connectivity index (χ1v) is 9.02. The Bertz CT molecular complexity index is 755. The average molecular weight is 343 g/mol. The molecule has 0 unspecified atom stereocenters. The second-order valence-corrected chi connectivity index (χ2v) is 7.23. The zero-order chi connectivity index (χ0) is 17.4. The van der Waals surface area contributed by atoms with E-state index in [0.717, 1.165) is 42.8 Å². The first-order valence-electron chi connectivity index (χ1n) is 9.02. The van der Waals surface area contributed by atoms with Crippen LogP contribution in [0, 0.1) is 11.8 Å². The molecule has 4 heterocycles. The Labute approximate surface area is 147 Å². The normalized spacial score (nSPS) is 27.0. The van der Waals surface area contributed by atoms with E-state index in [4.69, 9.17) is 4.74 Å². The number of carbonyl (C=O) groups is 1. The fourth-order valence-electron chi connectivity index (χ4n) is 4.04. The smallest absolute Gasteiger partial charge is 0.228 e. The largest absolute Gasteiger partial charge is 0.381 e. The minimum Gasteiger partial charge on any atom is -0.381 e. The standard InChI is InChI=1S/C18H25N5O2/c1-12-4-7-23(18(24)13-5-8-25-10-13)9-15(12)22(2)17-14-3-6-19-16(14)20-11-21-17/h3,6,11-13,15H,4-5,7-10H2,1-2H3,(H,19,20,21)/t12-,13-,15+/m1/s1. The lowest BCUT2D eigenvalue weighted by molar-refractivity contribution is -0.137. The molecule has 134 valence electrons. The van der Waals surface area contributed by atoms with E-state index < -0.39 is 0 Å². The third-order valence-corrected chi connectivity index (χ3v) is 5.67. The van der Waals surface area contributed by atoms with Crippen molar-refractivity contribution in [2.75, 3.05) is 38.3 Å². The number of nitrogens with one attached hydrogen (secondary N) is 1. The average Bonchev–Trinajstić information content (AvgIpc) is 3.32. The van der Waals surface area contributed by atoms with Crippen molar-refractivity contribution in [3.05, 3.63) is 18.6 Å². The molecule has 1 amide bonds. The summed E-state index contributed by atoms with van der Waals surface area (Å²) in [6.07, 6.45) is 5.34. The number of fused-ring (bicyclic) bond motifs is 1. The van der Waals surface area contributed by atoms with Gasteiger partial charge in [0.05, 0.1) is 24.0 Å². The molecule has 0 aromatic carbocycles. The van der Waals surface area contributed by atoms with Crippen molar-refractivity contribution in [3.63, 3.8) is 0 Å². The molecule has 25 heavy (non-hydrogen) atoms. The van der Waals surface area contributed by atoms with Gasteiger partial charge in [-0.2, -0.15) is 0 Å². The van der Waals surface area contributed by atoms with Gasteiger partial charge in [0.25, 0.3) is 0 Å². The van der Waals surface area contributed by atoms with Crippen LogP contribution in [-0.4, -0.2) is 65.2 Å². The molecule has 2 aromatic heterocycles. The first-order chi connectivity index (χ1) is 12.1. The molecule has 0 spiro atoms. The monoisotopic (exact) mass is 343 g/mol. The van der Waals surface area contributed by atoms with Gasteiger partial charge in [-0.1, -0.05) is 6.92 Å². The molecule has 7 nitrogen and oxygen atoms in total. The number of hydrogen-bond donors (Lipinski definition) is 1. The Hall–Kier alpha value is -2.15. The predicted molar refractivity (Wildman–Crippen MR) is 95.4 cm³/mol. The molecule has 3 atom stereocenters. The summed E-state index contributed by atoms with van der Waals surface area (Å²) in [6, 6.07) is 2.25. The Morgan fingerprint density at radius 1 is 1.40 bits per heavy atom. The minimum atomic E-state index is 0.0368. The van der Waals surface area contributed by atoms with Gasteiger partial charge in [-0.25, -0.2) is 9.97 Å². The van der Waals surface area contributed by atoms with E-state index in [2.05, 4.69) is 33.8 Å². The Morgan fingerprint density at radius 2 is 2.28 bits per heavy atom. The lowest BCUT2D eigenvalue weighted by Crippen LogP contribution is -2.54. The molecule has 0 radical (unpaired) electrons. The summed E-state index contributed by atoms with van der Waals surface area (Å²) in [7, 11) is 2.07. The molecule has 2 aliphatic rings. The molecule has 0 bridgehead atoms. The lowest BCUT2D eigenvalue weighted by atomic mass is 9.91. The molecular formula is C18H25N5O2. The van der Waals surface area contributed by atoms with Crippen molar-refractivity contribution in [2.24, 2.45) is 11.8 Å². The van der Waals surface area contributed by atoms with E-state index in [9.17, 15) is 4.79 Å². The van der Waals surface area contributed by atoms with Gasteiger partial charge >= 0.3 is 0 Å². The van der Waals surface area contributed by atoms with Crippen LogP contribution < -0.4 is 4.90 Å². The molecule has 2 saturated heterocycles. The molecule has 4 rings (SSSR count). The van der Waals surface area contributed by atoms with E-state index in [1.807, 2.05) is 17.2 Å². The van der Waals surface area contributed by atoms with Crippen molar-refractivity contribution < 1.29 is 9.53 Å². The number of piperidine rings is 1. The van der Waals surface area contributed by atoms with Gasteiger partial charge in [-0.15, -0.1) is 0 Å². The number of nitrogens with zero attached hydrogens (tertiary/aromatic N) is 4. The van der Waals surface area contributed by atoms with E-state index >= 15 is 0 Å². The highest BCUT2D eigenvalue weighted by Gasteiger charge is 2.36. The molecule has 7 heteroatoms. The number of aromatic amines is 1. The third-order valence-electron chi connectivity index (χ3n) is 5.67. The fourth-order valence-corrected chi connectivity index (χ4v) is 4.04. The first kappa shape index (κ1) is 16.3. The second-order valence-electron chi connectivity index (χ2n) is 7.23. The Kier molecular flexibility index (Phi) is 4.33. The van der Waals surface area contributed by atoms with Crippen LogP contribution in [0.4, 0.5) is 5.82 Å². The zero-order valence-corrected chi connectivity index (χ0v) is 14.8. The van der Waals surface area contributed by atoms with Crippen molar-refractivity contribution >= 4 is 22.8 Å². The quantitative estimate of drug-likeness (QED) is 0.918. The van der Waals surface area contributed by atoms with Gasteiger partial charge in [-0.05, 0) is 24.8 Å². The van der Waals surface area contributed by atoms with Gasteiger partial charge in [-0.3, -0.25) is 4.79 Å². The number of amides is 1. The van der Waals surface area contributed by atoms with E-state index in [1.54, 1.807) is 6.33 Å². The van der Waals surface area contributed by atoms with Crippen molar-refractivity contribution in [1.29, 1.82) is 0 Å². The van der Waals surface area contributed by atoms with E-state index in [-0.39, 0.29) is 17.9 Å². The van der Waals surface area contributed by atoms with Crippen molar-refractivity contribution in [1.82, 2.24) is 19.9 Å². The maximum Gasteiger partial charge on any atom is 0.228 e. The summed E-state index contributed by atoms with van der Waals surface area (Å²) in [6.45, 7) is 5.11. The number of aromatic nitrogens is 3. The molecule has 1 N–H and O–H groups in total. The van der Waals surface area contributed by atoms with E-state index in [0.29, 0.717) is 19.1 Å². The lowest BCUT2D eigenvalue weighted by Gasteiger charge is -2.42.